The van der Waals surface area contributed by atoms with Crippen molar-refractivity contribution in [3.63, 3.8) is 0 Å². The van der Waals surface area contributed by atoms with Crippen LogP contribution in [0.4, 0.5) is 20.8 Å². The highest BCUT2D eigenvalue weighted by molar-refractivity contribution is 5.72. The smallest absolute Gasteiger partial charge is 0.407 e. The van der Waals surface area contributed by atoms with E-state index in [2.05, 4.69) is 37.0 Å². The topological polar surface area (TPSA) is 118 Å². The van der Waals surface area contributed by atoms with Crippen LogP contribution in [0.15, 0.2) is 24.5 Å². The maximum atomic E-state index is 14.9. The predicted octanol–water partition coefficient (Wildman–Crippen LogP) is 3.38. The number of ether oxygens (including phenoxy) is 2. The molecule has 11 heteroatoms. The lowest BCUT2D eigenvalue weighted by Crippen LogP contribution is -2.36. The highest BCUT2D eigenvalue weighted by Crippen LogP contribution is 2.37. The lowest BCUT2D eigenvalue weighted by molar-refractivity contribution is 0.0615. The van der Waals surface area contributed by atoms with E-state index in [0.717, 1.165) is 11.2 Å². The van der Waals surface area contributed by atoms with E-state index in [1.165, 1.54) is 19.3 Å². The van der Waals surface area contributed by atoms with Crippen LogP contribution in [0, 0.1) is 0 Å². The van der Waals surface area contributed by atoms with Gasteiger partial charge < -0.3 is 20.1 Å². The van der Waals surface area contributed by atoms with Crippen molar-refractivity contribution in [1.82, 2.24) is 30.1 Å². The Balaban J connectivity index is 1.27. The number of fused-ring (bicyclic) bond motifs is 1. The quantitative estimate of drug-likeness (QED) is 0.534. The number of rotatable bonds is 6. The molecule has 1 saturated carbocycles. The minimum absolute atomic E-state index is 0.0280. The fraction of sp³-hybridized carbons (Fsp3) is 0.524. The van der Waals surface area contributed by atoms with Crippen LogP contribution in [0.5, 0.6) is 0 Å². The van der Waals surface area contributed by atoms with Gasteiger partial charge in [-0.25, -0.2) is 18.7 Å². The normalized spacial score (nSPS) is 23.4. The van der Waals surface area contributed by atoms with Crippen molar-refractivity contribution in [2.24, 2.45) is 0 Å². The monoisotopic (exact) mass is 443 g/mol. The van der Waals surface area contributed by atoms with E-state index in [0.29, 0.717) is 23.2 Å². The zero-order chi connectivity index (χ0) is 22.2. The Morgan fingerprint density at radius 1 is 1.38 bits per heavy atom. The number of H-pyrrole nitrogens is 1. The molecular formula is C21H26FN7O3. The van der Waals surface area contributed by atoms with Crippen LogP contribution in [-0.2, 0) is 9.47 Å². The molecule has 2 aliphatic rings. The van der Waals surface area contributed by atoms with E-state index in [9.17, 15) is 9.18 Å². The van der Waals surface area contributed by atoms with Gasteiger partial charge in [0.1, 0.15) is 11.6 Å². The molecule has 3 aromatic heterocycles. The first-order valence-electron chi connectivity index (χ1n) is 10.9. The van der Waals surface area contributed by atoms with Gasteiger partial charge in [-0.05, 0) is 32.8 Å². The summed E-state index contributed by atoms with van der Waals surface area (Å²) in [6.07, 6.45) is 3.00. The van der Waals surface area contributed by atoms with Gasteiger partial charge in [-0.3, -0.25) is 5.10 Å². The summed E-state index contributed by atoms with van der Waals surface area (Å²) in [5.41, 5.74) is 2.37. The van der Waals surface area contributed by atoms with E-state index < -0.39 is 24.5 Å². The van der Waals surface area contributed by atoms with Crippen LogP contribution in [0.25, 0.3) is 5.52 Å². The molecule has 0 unspecified atom stereocenters. The van der Waals surface area contributed by atoms with E-state index in [1.807, 2.05) is 6.20 Å². The number of alkyl carbamates (subject to hydrolysis) is 1. The molecule has 3 aromatic rings. The molecule has 170 valence electrons. The van der Waals surface area contributed by atoms with Gasteiger partial charge in [-0.1, -0.05) is 6.42 Å². The molecule has 4 heterocycles. The number of halogens is 1. The zero-order valence-corrected chi connectivity index (χ0v) is 17.9. The standard InChI is InChI=1S/C21H26FN7O3/c1-11(2)24-21(30)32-16-10-31-19(18(16)22)14-9-17(27-26-14)25-20-15-8-13(12-4-3-5-12)28-29(15)7-6-23-20/h6-9,11-12,16,18-19H,3-5,10H2,1-2H3,(H,24,30)(H2,23,25,26,27)/t16-,18+,19-/m0/s1. The number of hydrogen-bond donors (Lipinski definition) is 3. The Labute approximate surface area is 183 Å². The molecule has 1 saturated heterocycles. The molecule has 1 amide bonds. The minimum Gasteiger partial charge on any atom is -0.441 e. The molecule has 5 rings (SSSR count). The van der Waals surface area contributed by atoms with Crippen LogP contribution in [0.2, 0.25) is 0 Å². The Hall–Kier alpha value is -3.21. The second kappa shape index (κ2) is 8.38. The first kappa shape index (κ1) is 20.7. The van der Waals surface area contributed by atoms with E-state index >= 15 is 0 Å². The molecule has 32 heavy (non-hydrogen) atoms. The van der Waals surface area contributed by atoms with Crippen molar-refractivity contribution in [2.45, 2.75) is 63.4 Å². The van der Waals surface area contributed by atoms with Gasteiger partial charge in [0, 0.05) is 30.4 Å². The van der Waals surface area contributed by atoms with Crippen LogP contribution >= 0.6 is 0 Å². The largest absolute Gasteiger partial charge is 0.441 e. The summed E-state index contributed by atoms with van der Waals surface area (Å²) in [6, 6.07) is 3.62. The SMILES string of the molecule is CC(C)NC(=O)O[C@H]1CO[C@@H](c2cc(Nc3nccn4nc(C5CCC5)cc34)n[nH]2)[C@@H]1F. The van der Waals surface area contributed by atoms with Gasteiger partial charge in [0.15, 0.2) is 23.9 Å². The van der Waals surface area contributed by atoms with Gasteiger partial charge in [0.05, 0.1) is 18.0 Å². The average molecular weight is 443 g/mol. The van der Waals surface area contributed by atoms with Gasteiger partial charge in [0.2, 0.25) is 0 Å². The van der Waals surface area contributed by atoms with Gasteiger partial charge >= 0.3 is 6.09 Å². The van der Waals surface area contributed by atoms with Crippen LogP contribution in [0.1, 0.15) is 56.5 Å². The molecule has 10 nitrogen and oxygen atoms in total. The lowest BCUT2D eigenvalue weighted by atomic mass is 9.83. The summed E-state index contributed by atoms with van der Waals surface area (Å²) in [5.74, 6) is 1.60. The summed E-state index contributed by atoms with van der Waals surface area (Å²) in [6.45, 7) is 3.57. The first-order valence-corrected chi connectivity index (χ1v) is 10.9. The number of hydrogen-bond acceptors (Lipinski definition) is 7. The number of carbonyl (C=O) groups is 1. The summed E-state index contributed by atoms with van der Waals surface area (Å²) in [7, 11) is 0. The van der Waals surface area contributed by atoms with Crippen molar-refractivity contribution in [1.29, 1.82) is 0 Å². The molecule has 1 aliphatic heterocycles. The van der Waals surface area contributed by atoms with Gasteiger partial charge in [-0.2, -0.15) is 10.2 Å². The fourth-order valence-corrected chi connectivity index (χ4v) is 3.95. The molecule has 0 radical (unpaired) electrons. The Morgan fingerprint density at radius 3 is 2.97 bits per heavy atom. The lowest BCUT2D eigenvalue weighted by Gasteiger charge is -2.22. The van der Waals surface area contributed by atoms with Crippen LogP contribution in [-0.4, -0.2) is 55.8 Å². The zero-order valence-electron chi connectivity index (χ0n) is 17.9. The summed E-state index contributed by atoms with van der Waals surface area (Å²) in [5, 5.41) is 17.4. The maximum Gasteiger partial charge on any atom is 0.407 e. The summed E-state index contributed by atoms with van der Waals surface area (Å²) < 4.78 is 27.4. The van der Waals surface area contributed by atoms with Crippen molar-refractivity contribution >= 4 is 23.2 Å². The fourth-order valence-electron chi connectivity index (χ4n) is 3.95. The minimum atomic E-state index is -1.51. The van der Waals surface area contributed by atoms with Gasteiger partial charge in [-0.15, -0.1) is 0 Å². The molecular weight excluding hydrogens is 417 g/mol. The average Bonchev–Trinajstić information content (AvgIpc) is 3.40. The highest BCUT2D eigenvalue weighted by atomic mass is 19.1. The number of aromatic amines is 1. The third-order valence-corrected chi connectivity index (χ3v) is 5.83. The van der Waals surface area contributed by atoms with E-state index in [4.69, 9.17) is 9.47 Å². The van der Waals surface area contributed by atoms with Crippen molar-refractivity contribution in [3.8, 4) is 0 Å². The number of carbonyl (C=O) groups excluding carboxylic acids is 1. The van der Waals surface area contributed by atoms with Crippen LogP contribution < -0.4 is 10.6 Å². The Kier molecular flexibility index (Phi) is 5.41. The second-order valence-corrected chi connectivity index (χ2v) is 8.58. The molecule has 0 bridgehead atoms. The number of alkyl halides is 1. The molecule has 2 fully saturated rings. The van der Waals surface area contributed by atoms with Crippen molar-refractivity contribution < 1.29 is 18.7 Å². The Morgan fingerprint density at radius 2 is 2.22 bits per heavy atom. The molecule has 0 spiro atoms. The molecule has 3 N–H and O–H groups in total. The number of nitrogens with zero attached hydrogens (tertiary/aromatic N) is 4. The maximum absolute atomic E-state index is 14.9. The van der Waals surface area contributed by atoms with Crippen LogP contribution in [0.3, 0.4) is 0 Å². The summed E-state index contributed by atoms with van der Waals surface area (Å²) >= 11 is 0. The van der Waals surface area contributed by atoms with E-state index in [1.54, 1.807) is 30.6 Å². The highest BCUT2D eigenvalue weighted by Gasteiger charge is 2.42. The Bertz CT molecular complexity index is 1110. The summed E-state index contributed by atoms with van der Waals surface area (Å²) in [4.78, 5) is 16.2. The third-order valence-electron chi connectivity index (χ3n) is 5.83. The first-order chi connectivity index (χ1) is 15.5. The predicted molar refractivity (Wildman–Crippen MR) is 114 cm³/mol. The van der Waals surface area contributed by atoms with Gasteiger partial charge in [0.25, 0.3) is 0 Å². The molecule has 1 aliphatic carbocycles. The third kappa shape index (κ3) is 3.99. The number of nitrogens with one attached hydrogen (secondary N) is 3. The number of aromatic nitrogens is 5. The molecule has 0 aromatic carbocycles. The van der Waals surface area contributed by atoms with E-state index in [-0.39, 0.29) is 12.6 Å². The van der Waals surface area contributed by atoms with Crippen molar-refractivity contribution in [3.05, 3.63) is 35.9 Å². The number of anilines is 2. The molecule has 3 atom stereocenters. The second-order valence-electron chi connectivity index (χ2n) is 8.58. The van der Waals surface area contributed by atoms with Crippen molar-refractivity contribution in [2.75, 3.05) is 11.9 Å². The number of amides is 1.